The van der Waals surface area contributed by atoms with Crippen molar-refractivity contribution in [1.29, 1.82) is 0 Å². The predicted octanol–water partition coefficient (Wildman–Crippen LogP) is 4.11. The lowest BCUT2D eigenvalue weighted by Crippen LogP contribution is -2.25. The molecule has 1 aromatic carbocycles. The van der Waals surface area contributed by atoms with Crippen molar-refractivity contribution < 1.29 is 4.79 Å². The second kappa shape index (κ2) is 4.52. The van der Waals surface area contributed by atoms with Crippen molar-refractivity contribution >= 4 is 23.6 Å². The number of carbonyl (C=O) groups excluding carboxylic acids is 1. The summed E-state index contributed by atoms with van der Waals surface area (Å²) in [5.41, 5.74) is 3.51. The van der Waals surface area contributed by atoms with Crippen molar-refractivity contribution in [2.24, 2.45) is 5.92 Å². The molecule has 2 heterocycles. The van der Waals surface area contributed by atoms with Crippen LogP contribution in [0.5, 0.6) is 0 Å². The Morgan fingerprint density at radius 2 is 1.95 bits per heavy atom. The summed E-state index contributed by atoms with van der Waals surface area (Å²) in [6.45, 7) is 0. The average Bonchev–Trinajstić information content (AvgIpc) is 3.04. The summed E-state index contributed by atoms with van der Waals surface area (Å²) in [7, 11) is 0. The fraction of sp³-hybridized carbons (Fsp3) is 0.471. The van der Waals surface area contributed by atoms with Gasteiger partial charge in [-0.25, -0.2) is 0 Å². The summed E-state index contributed by atoms with van der Waals surface area (Å²) in [6, 6.07) is 6.20. The Balaban J connectivity index is 1.63. The van der Waals surface area contributed by atoms with E-state index in [-0.39, 0.29) is 5.92 Å². The van der Waals surface area contributed by atoms with Gasteiger partial charge in [-0.3, -0.25) is 4.79 Å². The SMILES string of the molecule is O=C(c1cccc2c1CC=C2)C1CC2CCC(C1)S2. The molecule has 2 bridgehead atoms. The molecule has 98 valence electrons. The molecule has 4 rings (SSSR count). The van der Waals surface area contributed by atoms with Crippen LogP contribution in [0.25, 0.3) is 6.08 Å². The molecular weight excluding hydrogens is 252 g/mol. The van der Waals surface area contributed by atoms with Crippen molar-refractivity contribution in [3.05, 3.63) is 41.0 Å². The Labute approximate surface area is 118 Å². The molecule has 2 heteroatoms. The summed E-state index contributed by atoms with van der Waals surface area (Å²) in [5, 5.41) is 1.50. The molecule has 2 saturated heterocycles. The van der Waals surface area contributed by atoms with Gasteiger partial charge in [-0.05, 0) is 43.2 Å². The highest BCUT2D eigenvalue weighted by atomic mass is 32.2. The molecule has 1 aliphatic carbocycles. The molecular formula is C17H18OS. The maximum Gasteiger partial charge on any atom is 0.166 e. The van der Waals surface area contributed by atoms with Crippen LogP contribution in [0, 0.1) is 5.92 Å². The van der Waals surface area contributed by atoms with Gasteiger partial charge in [0.2, 0.25) is 0 Å². The third-order valence-electron chi connectivity index (χ3n) is 4.76. The number of benzene rings is 1. The third kappa shape index (κ3) is 1.97. The van der Waals surface area contributed by atoms with Crippen LogP contribution >= 0.6 is 11.8 Å². The van der Waals surface area contributed by atoms with Gasteiger partial charge in [-0.15, -0.1) is 0 Å². The molecule has 0 N–H and O–H groups in total. The topological polar surface area (TPSA) is 17.1 Å². The molecule has 0 radical (unpaired) electrons. The summed E-state index contributed by atoms with van der Waals surface area (Å²) in [6.07, 6.45) is 10.1. The van der Waals surface area contributed by atoms with Gasteiger partial charge >= 0.3 is 0 Å². The lowest BCUT2D eigenvalue weighted by Gasteiger charge is -2.26. The maximum atomic E-state index is 12.8. The van der Waals surface area contributed by atoms with Crippen molar-refractivity contribution in [2.45, 2.75) is 42.6 Å². The standard InChI is InChI=1S/C17H18OS/c18-17(12-9-13-7-8-14(10-12)19-13)16-6-2-4-11-3-1-5-15(11)16/h1-4,6,12-14H,5,7-10H2. The van der Waals surface area contributed by atoms with Gasteiger partial charge in [0.05, 0.1) is 0 Å². The first kappa shape index (κ1) is 11.8. The summed E-state index contributed by atoms with van der Waals surface area (Å²) in [4.78, 5) is 12.8. The number of carbonyl (C=O) groups is 1. The Kier molecular flexibility index (Phi) is 2.80. The first-order valence-electron chi connectivity index (χ1n) is 7.29. The molecule has 3 aliphatic rings. The Morgan fingerprint density at radius 1 is 1.16 bits per heavy atom. The molecule has 1 aromatic rings. The first-order chi connectivity index (χ1) is 9.31. The molecule has 2 fully saturated rings. The lowest BCUT2D eigenvalue weighted by atomic mass is 9.87. The second-order valence-electron chi connectivity index (χ2n) is 5.97. The zero-order valence-corrected chi connectivity index (χ0v) is 11.8. The molecule has 2 atom stereocenters. The monoisotopic (exact) mass is 270 g/mol. The number of allylic oxidation sites excluding steroid dienone is 1. The van der Waals surface area contributed by atoms with E-state index < -0.39 is 0 Å². The smallest absolute Gasteiger partial charge is 0.166 e. The number of thioether (sulfide) groups is 1. The first-order valence-corrected chi connectivity index (χ1v) is 8.23. The van der Waals surface area contributed by atoms with E-state index in [4.69, 9.17) is 0 Å². The average molecular weight is 270 g/mol. The van der Waals surface area contributed by atoms with Gasteiger partial charge in [0, 0.05) is 22.0 Å². The molecule has 2 aliphatic heterocycles. The van der Waals surface area contributed by atoms with E-state index >= 15 is 0 Å². The number of ketones is 1. The van der Waals surface area contributed by atoms with Crippen molar-refractivity contribution in [1.82, 2.24) is 0 Å². The number of fused-ring (bicyclic) bond motifs is 3. The zero-order chi connectivity index (χ0) is 12.8. The van der Waals surface area contributed by atoms with E-state index in [1.165, 1.54) is 24.0 Å². The Bertz CT molecular complexity index is 548. The Morgan fingerprint density at radius 3 is 2.74 bits per heavy atom. The van der Waals surface area contributed by atoms with Crippen LogP contribution in [0.3, 0.4) is 0 Å². The Hall–Kier alpha value is -1.02. The minimum Gasteiger partial charge on any atom is -0.294 e. The highest BCUT2D eigenvalue weighted by Gasteiger charge is 2.38. The van der Waals surface area contributed by atoms with Crippen LogP contribution in [0.2, 0.25) is 0 Å². The number of hydrogen-bond acceptors (Lipinski definition) is 2. The molecule has 2 unspecified atom stereocenters. The maximum absolute atomic E-state index is 12.8. The fourth-order valence-corrected chi connectivity index (χ4v) is 5.59. The molecule has 1 nitrogen and oxygen atoms in total. The summed E-state index contributed by atoms with van der Waals surface area (Å²) >= 11 is 2.13. The fourth-order valence-electron chi connectivity index (χ4n) is 3.81. The van der Waals surface area contributed by atoms with Gasteiger partial charge in [-0.1, -0.05) is 30.4 Å². The van der Waals surface area contributed by atoms with Gasteiger partial charge in [-0.2, -0.15) is 11.8 Å². The quantitative estimate of drug-likeness (QED) is 0.752. The summed E-state index contributed by atoms with van der Waals surface area (Å²) in [5.74, 6) is 0.698. The van der Waals surface area contributed by atoms with Crippen molar-refractivity contribution in [3.8, 4) is 0 Å². The zero-order valence-electron chi connectivity index (χ0n) is 11.0. The highest BCUT2D eigenvalue weighted by molar-refractivity contribution is 8.00. The van der Waals surface area contributed by atoms with E-state index in [1.54, 1.807) is 0 Å². The van der Waals surface area contributed by atoms with Crippen LogP contribution in [-0.2, 0) is 6.42 Å². The summed E-state index contributed by atoms with van der Waals surface area (Å²) < 4.78 is 0. The van der Waals surface area contributed by atoms with E-state index in [0.717, 1.165) is 35.3 Å². The van der Waals surface area contributed by atoms with E-state index in [1.807, 2.05) is 12.1 Å². The minimum atomic E-state index is 0.283. The molecule has 19 heavy (non-hydrogen) atoms. The largest absolute Gasteiger partial charge is 0.294 e. The van der Waals surface area contributed by atoms with Crippen molar-refractivity contribution in [2.75, 3.05) is 0 Å². The highest BCUT2D eigenvalue weighted by Crippen LogP contribution is 2.46. The molecule has 0 aromatic heterocycles. The van der Waals surface area contributed by atoms with E-state index in [0.29, 0.717) is 5.78 Å². The number of hydrogen-bond donors (Lipinski definition) is 0. The van der Waals surface area contributed by atoms with Crippen LogP contribution in [-0.4, -0.2) is 16.3 Å². The predicted molar refractivity (Wildman–Crippen MR) is 80.6 cm³/mol. The molecule has 0 saturated carbocycles. The van der Waals surface area contributed by atoms with Crippen molar-refractivity contribution in [3.63, 3.8) is 0 Å². The van der Waals surface area contributed by atoms with Crippen LogP contribution in [0.1, 0.15) is 47.2 Å². The number of Topliss-reactive ketones (excluding diaryl/α,β-unsaturated/α-hetero) is 1. The van der Waals surface area contributed by atoms with E-state index in [2.05, 4.69) is 30.0 Å². The van der Waals surface area contributed by atoms with Crippen LogP contribution in [0.15, 0.2) is 24.3 Å². The second-order valence-corrected chi connectivity index (χ2v) is 7.58. The number of rotatable bonds is 2. The van der Waals surface area contributed by atoms with Gasteiger partial charge < -0.3 is 0 Å². The molecule has 0 spiro atoms. The third-order valence-corrected chi connectivity index (χ3v) is 6.38. The van der Waals surface area contributed by atoms with E-state index in [9.17, 15) is 4.79 Å². The van der Waals surface area contributed by atoms with Gasteiger partial charge in [0.15, 0.2) is 5.78 Å². The minimum absolute atomic E-state index is 0.283. The normalized spacial score (nSPS) is 31.5. The van der Waals surface area contributed by atoms with Crippen LogP contribution < -0.4 is 0 Å². The lowest BCUT2D eigenvalue weighted by molar-refractivity contribution is 0.0906. The van der Waals surface area contributed by atoms with Gasteiger partial charge in [0.25, 0.3) is 0 Å². The molecule has 0 amide bonds. The van der Waals surface area contributed by atoms with Gasteiger partial charge in [0.1, 0.15) is 0 Å². The van der Waals surface area contributed by atoms with Crippen LogP contribution in [0.4, 0.5) is 0 Å².